The number of benzene rings is 1. The van der Waals surface area contributed by atoms with Crippen LogP contribution >= 0.6 is 23.1 Å². The first kappa shape index (κ1) is 22.0. The maximum atomic E-state index is 12.8. The number of carbonyl (C=O) groups excluding carboxylic acids is 1. The summed E-state index contributed by atoms with van der Waals surface area (Å²) in [4.78, 5) is 35.3. The zero-order valence-electron chi connectivity index (χ0n) is 18.9. The standard InChI is InChI=1S/C25H27N3O4S2/c29-21(28-23(14-5-6-14)15-7-8-17-18(11-15)32-10-9-31-17)13-33-12-20-26-24(30)22-16-3-1-2-4-19(16)34-25(22)27-20/h7-8,11,14,23H,1-6,9-10,12-13H2,(H,28,29)(H,26,27,30). The van der Waals surface area contributed by atoms with Crippen molar-refractivity contribution in [1.82, 2.24) is 15.3 Å². The number of thioether (sulfide) groups is 1. The quantitative estimate of drug-likeness (QED) is 0.510. The second-order valence-electron chi connectivity index (χ2n) is 9.18. The zero-order chi connectivity index (χ0) is 23.1. The molecule has 2 N–H and O–H groups in total. The molecule has 1 aromatic carbocycles. The average Bonchev–Trinajstić information content (AvgIpc) is 3.62. The van der Waals surface area contributed by atoms with E-state index in [-0.39, 0.29) is 17.5 Å². The Morgan fingerprint density at radius 3 is 2.88 bits per heavy atom. The lowest BCUT2D eigenvalue weighted by molar-refractivity contribution is -0.119. The first-order chi connectivity index (χ1) is 16.7. The summed E-state index contributed by atoms with van der Waals surface area (Å²) in [7, 11) is 0. The minimum atomic E-state index is -0.0446. The summed E-state index contributed by atoms with van der Waals surface area (Å²) in [6.45, 7) is 1.11. The lowest BCUT2D eigenvalue weighted by Crippen LogP contribution is -2.31. The number of fused-ring (bicyclic) bond motifs is 4. The van der Waals surface area contributed by atoms with E-state index in [9.17, 15) is 9.59 Å². The van der Waals surface area contributed by atoms with Crippen molar-refractivity contribution in [3.63, 3.8) is 0 Å². The number of thiophene rings is 1. The van der Waals surface area contributed by atoms with Crippen molar-refractivity contribution >= 4 is 39.2 Å². The Morgan fingerprint density at radius 2 is 2.03 bits per heavy atom. The van der Waals surface area contributed by atoms with Crippen molar-refractivity contribution in [2.45, 2.75) is 50.3 Å². The van der Waals surface area contributed by atoms with E-state index in [4.69, 9.17) is 14.5 Å². The van der Waals surface area contributed by atoms with Gasteiger partial charge >= 0.3 is 0 Å². The van der Waals surface area contributed by atoms with E-state index in [1.165, 1.54) is 28.6 Å². The number of amides is 1. The number of aromatic nitrogens is 2. The minimum absolute atomic E-state index is 0.00759. The SMILES string of the molecule is O=C(CSCc1nc2sc3c(c2c(=O)[nH]1)CCCC3)NC(c1ccc2c(c1)OCCO2)C1CC1. The lowest BCUT2D eigenvalue weighted by Gasteiger charge is -2.23. The Labute approximate surface area is 205 Å². The number of nitrogens with zero attached hydrogens (tertiary/aromatic N) is 1. The molecule has 3 aliphatic rings. The fourth-order valence-electron chi connectivity index (χ4n) is 4.89. The second kappa shape index (κ2) is 9.26. The Morgan fingerprint density at radius 1 is 1.21 bits per heavy atom. The van der Waals surface area contributed by atoms with Gasteiger partial charge < -0.3 is 19.8 Å². The Balaban J connectivity index is 1.09. The van der Waals surface area contributed by atoms with Crippen LogP contribution in [0.15, 0.2) is 23.0 Å². The van der Waals surface area contributed by atoms with Crippen LogP contribution in [0.3, 0.4) is 0 Å². The molecule has 1 atom stereocenters. The van der Waals surface area contributed by atoms with Crippen LogP contribution in [0.1, 0.15) is 53.6 Å². The number of H-pyrrole nitrogens is 1. The first-order valence-corrected chi connectivity index (χ1v) is 13.9. The number of hydrogen-bond acceptors (Lipinski definition) is 7. The molecule has 34 heavy (non-hydrogen) atoms. The van der Waals surface area contributed by atoms with Crippen LogP contribution in [0.2, 0.25) is 0 Å². The average molecular weight is 498 g/mol. The van der Waals surface area contributed by atoms with Crippen LogP contribution in [0.4, 0.5) is 0 Å². The van der Waals surface area contributed by atoms with E-state index in [1.54, 1.807) is 11.3 Å². The number of rotatable bonds is 7. The molecule has 2 aliphatic carbocycles. The van der Waals surface area contributed by atoms with Crippen LogP contribution in [0.25, 0.3) is 10.2 Å². The molecule has 1 aliphatic heterocycles. The van der Waals surface area contributed by atoms with Gasteiger partial charge in [-0.05, 0) is 67.7 Å². The fraction of sp³-hybridized carbons (Fsp3) is 0.480. The molecule has 0 spiro atoms. The van der Waals surface area contributed by atoms with E-state index < -0.39 is 0 Å². The van der Waals surface area contributed by atoms with Gasteiger partial charge in [-0.25, -0.2) is 4.98 Å². The minimum Gasteiger partial charge on any atom is -0.486 e. The second-order valence-corrected chi connectivity index (χ2v) is 11.3. The highest BCUT2D eigenvalue weighted by molar-refractivity contribution is 7.99. The number of hydrogen-bond donors (Lipinski definition) is 2. The lowest BCUT2D eigenvalue weighted by atomic mass is 9.97. The number of aromatic amines is 1. The van der Waals surface area contributed by atoms with Crippen LogP contribution in [0, 0.1) is 5.92 Å². The molecule has 0 bridgehead atoms. The van der Waals surface area contributed by atoms with E-state index >= 15 is 0 Å². The molecule has 9 heteroatoms. The van der Waals surface area contributed by atoms with Crippen molar-refractivity contribution in [2.24, 2.45) is 5.92 Å². The highest BCUT2D eigenvalue weighted by Gasteiger charge is 2.34. The van der Waals surface area contributed by atoms with Gasteiger partial charge in [-0.2, -0.15) is 0 Å². The number of carbonyl (C=O) groups is 1. The van der Waals surface area contributed by atoms with Crippen molar-refractivity contribution in [1.29, 1.82) is 0 Å². The summed E-state index contributed by atoms with van der Waals surface area (Å²) < 4.78 is 11.3. The predicted molar refractivity (Wildman–Crippen MR) is 134 cm³/mol. The topological polar surface area (TPSA) is 93.3 Å². The van der Waals surface area contributed by atoms with Gasteiger partial charge in [0.15, 0.2) is 11.5 Å². The van der Waals surface area contributed by atoms with E-state index in [0.29, 0.717) is 36.5 Å². The molecule has 6 rings (SSSR count). The summed E-state index contributed by atoms with van der Waals surface area (Å²) in [5, 5.41) is 3.99. The maximum Gasteiger partial charge on any atom is 0.259 e. The van der Waals surface area contributed by atoms with Gasteiger partial charge in [-0.15, -0.1) is 23.1 Å². The molecule has 3 aromatic rings. The molecule has 0 saturated heterocycles. The highest BCUT2D eigenvalue weighted by Crippen LogP contribution is 2.43. The molecule has 3 heterocycles. The largest absolute Gasteiger partial charge is 0.486 e. The summed E-state index contributed by atoms with van der Waals surface area (Å²) in [6.07, 6.45) is 6.57. The molecule has 178 valence electrons. The molecule has 2 aromatic heterocycles. The molecule has 7 nitrogen and oxygen atoms in total. The third kappa shape index (κ3) is 4.43. The van der Waals surface area contributed by atoms with Crippen LogP contribution < -0.4 is 20.3 Å². The van der Waals surface area contributed by atoms with Crippen LogP contribution in [0.5, 0.6) is 11.5 Å². The maximum absolute atomic E-state index is 12.8. The first-order valence-electron chi connectivity index (χ1n) is 12.0. The van der Waals surface area contributed by atoms with Gasteiger partial charge in [-0.1, -0.05) is 6.07 Å². The van der Waals surface area contributed by atoms with Crippen LogP contribution in [-0.2, 0) is 23.4 Å². The summed E-state index contributed by atoms with van der Waals surface area (Å²) in [5.74, 6) is 3.42. The van der Waals surface area contributed by atoms with E-state index in [0.717, 1.165) is 59.4 Å². The van der Waals surface area contributed by atoms with E-state index in [2.05, 4.69) is 10.3 Å². The summed E-state index contributed by atoms with van der Waals surface area (Å²) in [5.41, 5.74) is 2.21. The molecule has 1 amide bonds. The predicted octanol–water partition coefficient (Wildman–Crippen LogP) is 4.14. The molecule has 1 unspecified atom stereocenters. The van der Waals surface area contributed by atoms with Gasteiger partial charge in [0.1, 0.15) is 23.9 Å². The van der Waals surface area contributed by atoms with Crippen molar-refractivity contribution in [3.8, 4) is 11.5 Å². The monoisotopic (exact) mass is 497 g/mol. The van der Waals surface area contributed by atoms with Crippen molar-refractivity contribution in [2.75, 3.05) is 19.0 Å². The van der Waals surface area contributed by atoms with Gasteiger partial charge in [0.2, 0.25) is 5.91 Å². The summed E-state index contributed by atoms with van der Waals surface area (Å²) in [6, 6.07) is 5.93. The number of ether oxygens (including phenoxy) is 2. The smallest absolute Gasteiger partial charge is 0.259 e. The van der Waals surface area contributed by atoms with Crippen LogP contribution in [-0.4, -0.2) is 34.8 Å². The van der Waals surface area contributed by atoms with Gasteiger partial charge in [-0.3, -0.25) is 9.59 Å². The van der Waals surface area contributed by atoms with Crippen molar-refractivity contribution in [3.05, 3.63) is 50.4 Å². The molecule has 1 fully saturated rings. The molecular formula is C25H27N3O4S2. The van der Waals surface area contributed by atoms with E-state index in [1.807, 2.05) is 18.2 Å². The Kier molecular flexibility index (Phi) is 5.99. The fourth-order valence-corrected chi connectivity index (χ4v) is 6.87. The normalized spacial score (nSPS) is 17.9. The highest BCUT2D eigenvalue weighted by atomic mass is 32.2. The summed E-state index contributed by atoms with van der Waals surface area (Å²) >= 11 is 3.13. The zero-order valence-corrected chi connectivity index (χ0v) is 20.5. The third-order valence-corrected chi connectivity index (χ3v) is 8.81. The van der Waals surface area contributed by atoms with Gasteiger partial charge in [0.25, 0.3) is 5.56 Å². The van der Waals surface area contributed by atoms with Gasteiger partial charge in [0.05, 0.1) is 22.9 Å². The Hall–Kier alpha value is -2.52. The number of nitrogens with one attached hydrogen (secondary N) is 2. The van der Waals surface area contributed by atoms with Gasteiger partial charge in [0, 0.05) is 4.88 Å². The van der Waals surface area contributed by atoms with Crippen molar-refractivity contribution < 1.29 is 14.3 Å². The third-order valence-electron chi connectivity index (χ3n) is 6.68. The Bertz CT molecular complexity index is 1300. The molecular weight excluding hydrogens is 470 g/mol. The molecule has 1 saturated carbocycles. The molecule has 0 radical (unpaired) electrons. The number of aryl methyl sites for hydroxylation is 2.